The Hall–Kier alpha value is -3.10. The van der Waals surface area contributed by atoms with Gasteiger partial charge < -0.3 is 30.5 Å². The van der Waals surface area contributed by atoms with Crippen molar-refractivity contribution in [2.24, 2.45) is 0 Å². The van der Waals surface area contributed by atoms with Crippen molar-refractivity contribution in [3.63, 3.8) is 0 Å². The van der Waals surface area contributed by atoms with Crippen LogP contribution in [0, 0.1) is 0 Å². The van der Waals surface area contributed by atoms with Crippen LogP contribution in [0.1, 0.15) is 11.1 Å². The molecule has 0 spiro atoms. The summed E-state index contributed by atoms with van der Waals surface area (Å²) in [5.74, 6) is 0.604. The van der Waals surface area contributed by atoms with E-state index < -0.39 is 12.2 Å². The van der Waals surface area contributed by atoms with E-state index in [-0.39, 0.29) is 31.4 Å². The lowest BCUT2D eigenvalue weighted by atomic mass is 10.1. The minimum absolute atomic E-state index is 0.147. The van der Waals surface area contributed by atoms with E-state index in [2.05, 4.69) is 10.6 Å². The second-order valence-corrected chi connectivity index (χ2v) is 6.96. The number of carbonyl (C=O) groups is 2. The van der Waals surface area contributed by atoms with E-state index in [0.29, 0.717) is 12.2 Å². The highest BCUT2D eigenvalue weighted by Crippen LogP contribution is 2.15. The number of nitrogens with one attached hydrogen (secondary N) is 2. The molecule has 0 aliphatic carbocycles. The van der Waals surface area contributed by atoms with Crippen LogP contribution in [0.15, 0.2) is 48.5 Å². The Kier molecular flexibility index (Phi) is 6.69. The molecule has 0 bridgehead atoms. The van der Waals surface area contributed by atoms with Gasteiger partial charge in [-0.2, -0.15) is 0 Å². The Balaban J connectivity index is 1.45. The number of anilines is 1. The van der Waals surface area contributed by atoms with Gasteiger partial charge in [0.05, 0.1) is 25.7 Å². The summed E-state index contributed by atoms with van der Waals surface area (Å²) in [7, 11) is 1.60. The first-order valence-electron chi connectivity index (χ1n) is 9.35. The fraction of sp³-hybridized carbons (Fsp3) is 0.333. The van der Waals surface area contributed by atoms with Crippen LogP contribution in [0.5, 0.6) is 5.75 Å². The lowest BCUT2D eigenvalue weighted by molar-refractivity contribution is -0.129. The third-order valence-electron chi connectivity index (χ3n) is 4.79. The average molecular weight is 399 g/mol. The third kappa shape index (κ3) is 5.69. The number of aliphatic hydroxyl groups excluding tert-OH is 2. The summed E-state index contributed by atoms with van der Waals surface area (Å²) in [5, 5.41) is 24.6. The van der Waals surface area contributed by atoms with Crippen LogP contribution >= 0.6 is 0 Å². The number of benzene rings is 2. The first-order valence-corrected chi connectivity index (χ1v) is 9.35. The molecule has 0 radical (unpaired) electrons. The fourth-order valence-electron chi connectivity index (χ4n) is 3.07. The van der Waals surface area contributed by atoms with Crippen LogP contribution in [-0.4, -0.2) is 59.5 Å². The van der Waals surface area contributed by atoms with Crippen LogP contribution in [0.4, 0.5) is 10.5 Å². The largest absolute Gasteiger partial charge is 0.497 e. The van der Waals surface area contributed by atoms with E-state index in [1.54, 1.807) is 31.4 Å². The van der Waals surface area contributed by atoms with Crippen molar-refractivity contribution >= 4 is 17.6 Å². The van der Waals surface area contributed by atoms with Gasteiger partial charge in [0.2, 0.25) is 5.91 Å². The highest BCUT2D eigenvalue weighted by molar-refractivity contribution is 5.89. The summed E-state index contributed by atoms with van der Waals surface area (Å²) >= 11 is 0. The van der Waals surface area contributed by atoms with E-state index in [1.165, 1.54) is 4.90 Å². The molecule has 8 nitrogen and oxygen atoms in total. The molecule has 4 N–H and O–H groups in total. The number of nitrogens with zero attached hydrogens (tertiary/aromatic N) is 1. The maximum absolute atomic E-state index is 12.2. The first-order chi connectivity index (χ1) is 13.9. The van der Waals surface area contributed by atoms with Gasteiger partial charge in [-0.3, -0.25) is 4.79 Å². The Morgan fingerprint density at radius 2 is 1.59 bits per heavy atom. The molecular weight excluding hydrogens is 374 g/mol. The van der Waals surface area contributed by atoms with Gasteiger partial charge in [0, 0.05) is 25.3 Å². The van der Waals surface area contributed by atoms with Crippen molar-refractivity contribution in [1.82, 2.24) is 10.2 Å². The highest BCUT2D eigenvalue weighted by Gasteiger charge is 2.32. The summed E-state index contributed by atoms with van der Waals surface area (Å²) in [4.78, 5) is 25.7. The maximum Gasteiger partial charge on any atom is 0.319 e. The van der Waals surface area contributed by atoms with Gasteiger partial charge in [-0.1, -0.05) is 24.3 Å². The molecule has 0 aromatic heterocycles. The minimum atomic E-state index is -0.887. The molecule has 2 aromatic rings. The summed E-state index contributed by atoms with van der Waals surface area (Å²) in [6.45, 7) is 0.679. The topological polar surface area (TPSA) is 111 Å². The molecule has 1 aliphatic heterocycles. The highest BCUT2D eigenvalue weighted by atomic mass is 16.5. The summed E-state index contributed by atoms with van der Waals surface area (Å²) in [6, 6.07) is 14.1. The van der Waals surface area contributed by atoms with Crippen LogP contribution < -0.4 is 15.4 Å². The van der Waals surface area contributed by atoms with Crippen molar-refractivity contribution in [2.45, 2.75) is 25.2 Å². The van der Waals surface area contributed by atoms with Gasteiger partial charge in [-0.15, -0.1) is 0 Å². The molecule has 2 atom stereocenters. The van der Waals surface area contributed by atoms with Crippen LogP contribution in [-0.2, 0) is 17.8 Å². The van der Waals surface area contributed by atoms with E-state index in [0.717, 1.165) is 16.9 Å². The number of aliphatic hydroxyl groups is 2. The van der Waals surface area contributed by atoms with Crippen LogP contribution in [0.25, 0.3) is 0 Å². The van der Waals surface area contributed by atoms with Gasteiger partial charge >= 0.3 is 6.03 Å². The minimum Gasteiger partial charge on any atom is -0.497 e. The number of rotatable bonds is 6. The zero-order valence-corrected chi connectivity index (χ0v) is 16.2. The molecule has 2 aromatic carbocycles. The normalized spacial score (nSPS) is 18.4. The number of β-amino-alcohol motifs (C(OH)–C–C–N with tert-alkyl or cyclic N) is 2. The predicted molar refractivity (Wildman–Crippen MR) is 108 cm³/mol. The molecule has 1 heterocycles. The zero-order chi connectivity index (χ0) is 20.8. The van der Waals surface area contributed by atoms with Crippen LogP contribution in [0.3, 0.4) is 0 Å². The second-order valence-electron chi connectivity index (χ2n) is 6.96. The van der Waals surface area contributed by atoms with Gasteiger partial charge in [0.25, 0.3) is 0 Å². The average Bonchev–Trinajstić information content (AvgIpc) is 3.07. The number of likely N-dealkylation sites (tertiary alicyclic amines) is 1. The zero-order valence-electron chi connectivity index (χ0n) is 16.2. The predicted octanol–water partition coefficient (Wildman–Crippen LogP) is 1.12. The fourth-order valence-corrected chi connectivity index (χ4v) is 3.07. The SMILES string of the molecule is COc1ccc(CNC(=O)Nc2ccc(CC(=O)N3C[C@H](O)[C@@H](O)C3)cc2)cc1. The number of methoxy groups -OCH3 is 1. The third-order valence-corrected chi connectivity index (χ3v) is 4.79. The second kappa shape index (κ2) is 9.40. The monoisotopic (exact) mass is 399 g/mol. The lowest BCUT2D eigenvalue weighted by Crippen LogP contribution is -2.31. The molecule has 1 fully saturated rings. The van der Waals surface area contributed by atoms with Crippen LogP contribution in [0.2, 0.25) is 0 Å². The molecule has 154 valence electrons. The standard InChI is InChI=1S/C21H25N3O5/c1-29-17-8-4-15(5-9-17)11-22-21(28)23-16-6-2-14(3-7-16)10-20(27)24-12-18(25)19(26)13-24/h2-9,18-19,25-26H,10-13H2,1H3,(H2,22,23,28)/t18-,19-/m0/s1. The van der Waals surface area contributed by atoms with Crippen molar-refractivity contribution in [3.05, 3.63) is 59.7 Å². The molecule has 1 saturated heterocycles. The van der Waals surface area contributed by atoms with E-state index in [1.807, 2.05) is 24.3 Å². The number of hydrogen-bond donors (Lipinski definition) is 4. The molecule has 29 heavy (non-hydrogen) atoms. The van der Waals surface area contributed by atoms with Gasteiger partial charge in [-0.25, -0.2) is 4.79 Å². The molecular formula is C21H25N3O5. The van der Waals surface area contributed by atoms with Crippen molar-refractivity contribution in [3.8, 4) is 5.75 Å². The van der Waals surface area contributed by atoms with Crippen molar-refractivity contribution < 1.29 is 24.5 Å². The lowest BCUT2D eigenvalue weighted by Gasteiger charge is -2.15. The van der Waals surface area contributed by atoms with Crippen molar-refractivity contribution in [2.75, 3.05) is 25.5 Å². The molecule has 1 aliphatic rings. The van der Waals surface area contributed by atoms with Gasteiger partial charge in [0.15, 0.2) is 0 Å². The smallest absolute Gasteiger partial charge is 0.319 e. The number of urea groups is 1. The van der Waals surface area contributed by atoms with E-state index >= 15 is 0 Å². The number of ether oxygens (including phenoxy) is 1. The molecule has 0 unspecified atom stereocenters. The Bertz CT molecular complexity index is 828. The maximum atomic E-state index is 12.2. The van der Waals surface area contributed by atoms with Gasteiger partial charge in [-0.05, 0) is 35.4 Å². The Labute approximate surface area is 169 Å². The van der Waals surface area contributed by atoms with Gasteiger partial charge in [0.1, 0.15) is 5.75 Å². The Morgan fingerprint density at radius 3 is 2.17 bits per heavy atom. The summed E-state index contributed by atoms with van der Waals surface area (Å²) < 4.78 is 5.10. The molecule has 3 rings (SSSR count). The van der Waals surface area contributed by atoms with E-state index in [9.17, 15) is 19.8 Å². The number of carbonyl (C=O) groups excluding carboxylic acids is 2. The quantitative estimate of drug-likeness (QED) is 0.582. The Morgan fingerprint density at radius 1 is 1.00 bits per heavy atom. The van der Waals surface area contributed by atoms with E-state index in [4.69, 9.17) is 4.74 Å². The molecule has 8 heteroatoms. The number of amides is 3. The number of hydrogen-bond acceptors (Lipinski definition) is 5. The first kappa shape index (κ1) is 20.6. The summed E-state index contributed by atoms with van der Waals surface area (Å²) in [6.07, 6.45) is -1.60. The molecule has 0 saturated carbocycles. The van der Waals surface area contributed by atoms with Crippen molar-refractivity contribution in [1.29, 1.82) is 0 Å². The summed E-state index contributed by atoms with van der Waals surface area (Å²) in [5.41, 5.74) is 2.35. The molecule has 3 amide bonds.